The fourth-order valence-electron chi connectivity index (χ4n) is 1.96. The Balaban J connectivity index is 2.10. The van der Waals surface area contributed by atoms with E-state index in [9.17, 15) is 4.39 Å². The Bertz CT molecular complexity index is 570. The Kier molecular flexibility index (Phi) is 4.22. The maximum absolute atomic E-state index is 13.0. The molecule has 2 aromatic rings. The summed E-state index contributed by atoms with van der Waals surface area (Å²) in [6, 6.07) is 4.32. The molecule has 0 aliphatic carbocycles. The first kappa shape index (κ1) is 14.0. The Labute approximate surface area is 116 Å². The third-order valence-corrected chi connectivity index (χ3v) is 3.27. The van der Waals surface area contributed by atoms with E-state index in [4.69, 9.17) is 16.0 Å². The van der Waals surface area contributed by atoms with Crippen LogP contribution in [0.5, 0.6) is 0 Å². The number of rotatable bonds is 4. The highest BCUT2D eigenvalue weighted by Crippen LogP contribution is 2.26. The highest BCUT2D eigenvalue weighted by atomic mass is 35.5. The molecule has 0 spiro atoms. The summed E-state index contributed by atoms with van der Waals surface area (Å²) in [5.41, 5.74) is 0.846. The second kappa shape index (κ2) is 5.72. The number of aromatic nitrogens is 1. The van der Waals surface area contributed by atoms with Crippen LogP contribution in [0.2, 0.25) is 5.02 Å². The number of hydrogen-bond acceptors (Lipinski definition) is 3. The Morgan fingerprint density at radius 2 is 2.05 bits per heavy atom. The maximum atomic E-state index is 13.0. The van der Waals surface area contributed by atoms with Gasteiger partial charge in [0.2, 0.25) is 5.89 Å². The number of aryl methyl sites for hydroxylation is 1. The monoisotopic (exact) mass is 282 g/mol. The molecular formula is C14H16ClFN2O. The van der Waals surface area contributed by atoms with Gasteiger partial charge in [0.05, 0.1) is 12.2 Å². The summed E-state index contributed by atoms with van der Waals surface area (Å²) in [4.78, 5) is 4.18. The van der Waals surface area contributed by atoms with Crippen LogP contribution < -0.4 is 5.32 Å². The largest absolute Gasteiger partial charge is 0.444 e. The first-order valence-corrected chi connectivity index (χ1v) is 6.48. The molecule has 0 fully saturated rings. The SMILES string of the molecule is Cc1cnc(C(C)NC(C)c2ccc(F)cc2Cl)o1. The van der Waals surface area contributed by atoms with Crippen LogP contribution in [-0.2, 0) is 0 Å². The number of benzene rings is 1. The minimum atomic E-state index is -0.336. The fourth-order valence-corrected chi connectivity index (χ4v) is 2.29. The van der Waals surface area contributed by atoms with Crippen LogP contribution in [0.25, 0.3) is 0 Å². The minimum absolute atomic E-state index is 0.0321. The van der Waals surface area contributed by atoms with Gasteiger partial charge < -0.3 is 4.42 Å². The van der Waals surface area contributed by atoms with Crippen LogP contribution in [-0.4, -0.2) is 4.98 Å². The van der Waals surface area contributed by atoms with Gasteiger partial charge in [0.1, 0.15) is 11.6 Å². The topological polar surface area (TPSA) is 38.1 Å². The zero-order valence-electron chi connectivity index (χ0n) is 11.1. The molecule has 1 N–H and O–H groups in total. The molecule has 0 amide bonds. The van der Waals surface area contributed by atoms with E-state index in [-0.39, 0.29) is 17.9 Å². The molecule has 5 heteroatoms. The molecular weight excluding hydrogens is 267 g/mol. The lowest BCUT2D eigenvalue weighted by Crippen LogP contribution is -2.23. The highest BCUT2D eigenvalue weighted by Gasteiger charge is 2.17. The van der Waals surface area contributed by atoms with Crippen LogP contribution >= 0.6 is 11.6 Å². The molecule has 0 radical (unpaired) electrons. The van der Waals surface area contributed by atoms with Crippen molar-refractivity contribution >= 4 is 11.6 Å². The molecule has 2 atom stereocenters. The lowest BCUT2D eigenvalue weighted by Gasteiger charge is -2.19. The zero-order valence-corrected chi connectivity index (χ0v) is 11.8. The van der Waals surface area contributed by atoms with Gasteiger partial charge in [-0.05, 0) is 38.5 Å². The summed E-state index contributed by atoms with van der Waals surface area (Å²) in [5, 5.41) is 3.74. The lowest BCUT2D eigenvalue weighted by molar-refractivity contribution is 0.380. The third-order valence-electron chi connectivity index (χ3n) is 2.94. The number of nitrogens with zero attached hydrogens (tertiary/aromatic N) is 1. The van der Waals surface area contributed by atoms with Crippen LogP contribution in [0, 0.1) is 12.7 Å². The normalized spacial score (nSPS) is 14.4. The van der Waals surface area contributed by atoms with Gasteiger partial charge in [-0.1, -0.05) is 17.7 Å². The van der Waals surface area contributed by atoms with Gasteiger partial charge in [-0.15, -0.1) is 0 Å². The molecule has 19 heavy (non-hydrogen) atoms. The van der Waals surface area contributed by atoms with Crippen LogP contribution in [0.1, 0.15) is 43.1 Å². The first-order chi connectivity index (χ1) is 8.97. The molecule has 0 aliphatic rings. The van der Waals surface area contributed by atoms with Crippen molar-refractivity contribution in [2.75, 3.05) is 0 Å². The average molecular weight is 283 g/mol. The molecule has 3 nitrogen and oxygen atoms in total. The van der Waals surface area contributed by atoms with E-state index < -0.39 is 0 Å². The van der Waals surface area contributed by atoms with Crippen molar-refractivity contribution in [1.82, 2.24) is 10.3 Å². The molecule has 1 aromatic heterocycles. The Morgan fingerprint density at radius 1 is 1.32 bits per heavy atom. The number of oxazole rings is 1. The van der Waals surface area contributed by atoms with Crippen molar-refractivity contribution in [3.63, 3.8) is 0 Å². The van der Waals surface area contributed by atoms with Crippen molar-refractivity contribution in [2.24, 2.45) is 0 Å². The molecule has 0 aliphatic heterocycles. The van der Waals surface area contributed by atoms with E-state index in [1.807, 2.05) is 20.8 Å². The highest BCUT2D eigenvalue weighted by molar-refractivity contribution is 6.31. The van der Waals surface area contributed by atoms with Gasteiger partial charge in [0.25, 0.3) is 0 Å². The van der Waals surface area contributed by atoms with Crippen LogP contribution in [0.4, 0.5) is 4.39 Å². The molecule has 2 rings (SSSR count). The fraction of sp³-hybridized carbons (Fsp3) is 0.357. The Hall–Kier alpha value is -1.39. The molecule has 1 aromatic carbocycles. The van der Waals surface area contributed by atoms with Gasteiger partial charge in [0.15, 0.2) is 0 Å². The Morgan fingerprint density at radius 3 is 2.63 bits per heavy atom. The van der Waals surface area contributed by atoms with Crippen LogP contribution in [0.3, 0.4) is 0 Å². The van der Waals surface area contributed by atoms with Crippen molar-refractivity contribution in [1.29, 1.82) is 0 Å². The van der Waals surface area contributed by atoms with Gasteiger partial charge >= 0.3 is 0 Å². The zero-order chi connectivity index (χ0) is 14.0. The molecule has 1 heterocycles. The second-order valence-corrected chi connectivity index (χ2v) is 4.99. The summed E-state index contributed by atoms with van der Waals surface area (Å²) >= 11 is 6.04. The van der Waals surface area contributed by atoms with Crippen molar-refractivity contribution in [2.45, 2.75) is 32.9 Å². The van der Waals surface area contributed by atoms with Gasteiger partial charge in [0, 0.05) is 11.1 Å². The van der Waals surface area contributed by atoms with Crippen LogP contribution in [0.15, 0.2) is 28.8 Å². The maximum Gasteiger partial charge on any atom is 0.211 e. The van der Waals surface area contributed by atoms with E-state index in [2.05, 4.69) is 10.3 Å². The quantitative estimate of drug-likeness (QED) is 0.914. The second-order valence-electron chi connectivity index (χ2n) is 4.59. The van der Waals surface area contributed by atoms with Gasteiger partial charge in [-0.2, -0.15) is 0 Å². The van der Waals surface area contributed by atoms with Gasteiger partial charge in [-0.25, -0.2) is 9.37 Å². The van der Waals surface area contributed by atoms with E-state index in [0.29, 0.717) is 10.9 Å². The first-order valence-electron chi connectivity index (χ1n) is 6.10. The van der Waals surface area contributed by atoms with E-state index in [1.165, 1.54) is 12.1 Å². The van der Waals surface area contributed by atoms with Crippen molar-refractivity contribution in [3.05, 3.63) is 52.5 Å². The number of nitrogens with one attached hydrogen (secondary N) is 1. The smallest absolute Gasteiger partial charge is 0.211 e. The summed E-state index contributed by atoms with van der Waals surface area (Å²) in [7, 11) is 0. The standard InChI is InChI=1S/C14H16ClFN2O/c1-8-7-17-14(19-8)10(3)18-9(2)12-5-4-11(16)6-13(12)15/h4-7,9-10,18H,1-3H3. The summed E-state index contributed by atoms with van der Waals surface area (Å²) in [6.45, 7) is 5.77. The number of halogens is 2. The van der Waals surface area contributed by atoms with E-state index in [1.54, 1.807) is 12.3 Å². The molecule has 0 saturated heterocycles. The van der Waals surface area contributed by atoms with Gasteiger partial charge in [-0.3, -0.25) is 5.32 Å². The minimum Gasteiger partial charge on any atom is -0.444 e. The summed E-state index contributed by atoms with van der Waals surface area (Å²) in [6.07, 6.45) is 1.68. The summed E-state index contributed by atoms with van der Waals surface area (Å²) in [5.74, 6) is 1.07. The predicted octanol–water partition coefficient (Wildman–Crippen LogP) is 4.19. The third kappa shape index (κ3) is 3.33. The van der Waals surface area contributed by atoms with E-state index in [0.717, 1.165) is 11.3 Å². The summed E-state index contributed by atoms with van der Waals surface area (Å²) < 4.78 is 18.5. The van der Waals surface area contributed by atoms with E-state index >= 15 is 0 Å². The van der Waals surface area contributed by atoms with Crippen molar-refractivity contribution < 1.29 is 8.81 Å². The predicted molar refractivity (Wildman–Crippen MR) is 72.6 cm³/mol. The molecule has 0 bridgehead atoms. The average Bonchev–Trinajstić information content (AvgIpc) is 2.75. The molecule has 2 unspecified atom stereocenters. The molecule has 0 saturated carbocycles. The molecule has 102 valence electrons. The van der Waals surface area contributed by atoms with Crippen molar-refractivity contribution in [3.8, 4) is 0 Å². The number of hydrogen-bond donors (Lipinski definition) is 1. The lowest BCUT2D eigenvalue weighted by atomic mass is 10.1.